The molecule has 1 aromatic heterocycles. The van der Waals surface area contributed by atoms with E-state index in [2.05, 4.69) is 41.0 Å². The van der Waals surface area contributed by atoms with Gasteiger partial charge in [-0.05, 0) is 71.0 Å². The average molecular weight is 931 g/mol. The van der Waals surface area contributed by atoms with Crippen LogP contribution in [0.4, 0.5) is 5.82 Å². The highest BCUT2D eigenvalue weighted by molar-refractivity contribution is 7.32. The Balaban J connectivity index is 0.000000533. The molecule has 344 valence electrons. The summed E-state index contributed by atoms with van der Waals surface area (Å²) < 4.78 is 39.4. The minimum absolute atomic E-state index is 0.0450. The number of aliphatic hydroxyl groups is 1. The van der Waals surface area contributed by atoms with E-state index >= 15 is 0 Å². The van der Waals surface area contributed by atoms with Crippen molar-refractivity contribution in [2.75, 3.05) is 31.6 Å². The number of anilines is 1. The number of aromatic nitrogens is 2. The van der Waals surface area contributed by atoms with Crippen LogP contribution in [0.3, 0.4) is 0 Å². The van der Waals surface area contributed by atoms with E-state index in [0.29, 0.717) is 5.56 Å². The predicted molar refractivity (Wildman–Crippen MR) is 255 cm³/mol. The van der Waals surface area contributed by atoms with Gasteiger partial charge in [0.25, 0.3) is 20.0 Å². The van der Waals surface area contributed by atoms with Gasteiger partial charge < -0.3 is 28.9 Å². The molecule has 4 aromatic rings. The first-order chi connectivity index (χ1) is 30.3. The summed E-state index contributed by atoms with van der Waals surface area (Å²) >= 11 is 0. The van der Waals surface area contributed by atoms with Gasteiger partial charge in [0.2, 0.25) is 0 Å². The Kier molecular flexibility index (Phi) is 15.8. The highest BCUT2D eigenvalue weighted by atomic mass is 31.1. The maximum atomic E-state index is 13.7. The number of amidine groups is 1. The summed E-state index contributed by atoms with van der Waals surface area (Å²) in [5.74, 6) is -1.78. The van der Waals surface area contributed by atoms with Crippen LogP contribution in [0.5, 0.6) is 0 Å². The molecule has 3 aliphatic heterocycles. The average Bonchev–Trinajstić information content (AvgIpc) is 3.37. The van der Waals surface area contributed by atoms with Gasteiger partial charge in [-0.2, -0.15) is 4.98 Å². The largest absolute Gasteiger partial charge is 0.698 e. The molecule has 1 amide bonds. The van der Waals surface area contributed by atoms with Gasteiger partial charge in [-0.1, -0.05) is 131 Å². The molecule has 0 spiro atoms. The van der Waals surface area contributed by atoms with E-state index in [1.165, 1.54) is 63.3 Å². The second kappa shape index (κ2) is 20.5. The number of ether oxygens (including phenoxy) is 1. The van der Waals surface area contributed by atoms with Crippen LogP contribution in [0.25, 0.3) is 0 Å². The number of aliphatic imine (C=N–C) groups is 1. The van der Waals surface area contributed by atoms with Gasteiger partial charge in [-0.15, -0.1) is 4.89 Å². The summed E-state index contributed by atoms with van der Waals surface area (Å²) in [4.78, 5) is 47.7. The molecule has 3 aromatic carbocycles. The summed E-state index contributed by atoms with van der Waals surface area (Å²) in [5.41, 5.74) is -0.558. The number of carbonyl (C=O) groups is 1. The maximum Gasteiger partial charge on any atom is 0.698 e. The molecule has 4 heterocycles. The van der Waals surface area contributed by atoms with E-state index in [0.717, 1.165) is 21.5 Å². The Morgan fingerprint density at radius 2 is 1.47 bits per heavy atom. The van der Waals surface area contributed by atoms with Gasteiger partial charge in [0, 0.05) is 42.4 Å². The number of carbonyl (C=O) groups excluding carboxylic acids is 1. The number of amides is 1. The van der Waals surface area contributed by atoms with Gasteiger partial charge in [0.1, 0.15) is 18.0 Å². The topological polar surface area (TPSA) is 174 Å². The molecular formula is C47H65N5O9PSi2+. The van der Waals surface area contributed by atoms with Gasteiger partial charge >= 0.3 is 13.9 Å². The van der Waals surface area contributed by atoms with Crippen LogP contribution in [0.2, 0.25) is 23.2 Å². The van der Waals surface area contributed by atoms with Crippen molar-refractivity contribution in [2.45, 2.75) is 121 Å². The lowest BCUT2D eigenvalue weighted by atomic mass is 10.1. The molecule has 64 heavy (non-hydrogen) atoms. The zero-order valence-corrected chi connectivity index (χ0v) is 41.3. The normalized spacial score (nSPS) is 22.0. The quantitative estimate of drug-likeness (QED) is 0.0735. The molecular weight excluding hydrogens is 866 g/mol. The first kappa shape index (κ1) is 49.2. The van der Waals surface area contributed by atoms with Crippen LogP contribution in [0.1, 0.15) is 90.2 Å². The molecule has 14 nitrogen and oxygen atoms in total. The van der Waals surface area contributed by atoms with E-state index in [9.17, 15) is 24.2 Å². The van der Waals surface area contributed by atoms with Crippen molar-refractivity contribution in [2.24, 2.45) is 4.99 Å². The number of nitrogens with one attached hydrogen (secondary N) is 1. The molecule has 0 bridgehead atoms. The van der Waals surface area contributed by atoms with Crippen LogP contribution in [-0.4, -0.2) is 97.1 Å². The fourth-order valence-corrected chi connectivity index (χ4v) is 14.7. The minimum atomic E-state index is -3.44. The molecule has 7 rings (SSSR count). The lowest BCUT2D eigenvalue weighted by Gasteiger charge is -2.44. The Morgan fingerprint density at radius 3 is 2.03 bits per heavy atom. The first-order valence-corrected chi connectivity index (χ1v) is 28.1. The third-order valence-corrected chi connectivity index (χ3v) is 22.6. The summed E-state index contributed by atoms with van der Waals surface area (Å²) in [7, 11) is -9.38. The highest BCUT2D eigenvalue weighted by Gasteiger charge is 2.66. The molecule has 2 saturated heterocycles. The monoisotopic (exact) mass is 930 g/mol. The van der Waals surface area contributed by atoms with Gasteiger partial charge in [-0.3, -0.25) is 14.4 Å². The Morgan fingerprint density at radius 1 is 0.875 bits per heavy atom. The summed E-state index contributed by atoms with van der Waals surface area (Å²) in [5, 5.41) is 16.3. The van der Waals surface area contributed by atoms with Crippen LogP contribution in [0, 0.1) is 0 Å². The van der Waals surface area contributed by atoms with Crippen molar-refractivity contribution in [3.8, 4) is 0 Å². The van der Waals surface area contributed by atoms with Crippen molar-refractivity contribution in [1.82, 2.24) is 14.5 Å². The third kappa shape index (κ3) is 11.1. The van der Waals surface area contributed by atoms with E-state index in [-0.39, 0.29) is 17.5 Å². The number of hydrogen-bond donors (Lipinski definition) is 3. The standard InChI is InChI=1S/C38H48N3O9PSi2.C9H16N2/c1-36(2,3)52(7,8)49-32-30(26-47-53(37(4,5)6,28-20-14-10-15-21-28)29-22-16-11-17-23-29)48-34(38(32,44)50-51(45)46)41-25-24-31(40-35(41)43)39-33(42)27-18-12-9-13-19-27;1-2-5-9-10-6-4-8-11(9)7-3-1/h9-25,30,32,34,44H,26H2,1-8H3,(H-,39,40,42,43,45,46);1-8H2/p+1/t30-,32-,34-,38+;/m1./s1. The van der Waals surface area contributed by atoms with Crippen LogP contribution >= 0.6 is 8.25 Å². The van der Waals surface area contributed by atoms with E-state index in [4.69, 9.17) is 18.1 Å². The van der Waals surface area contributed by atoms with Crippen LogP contribution in [0.15, 0.2) is 113 Å². The molecule has 0 saturated carbocycles. The van der Waals surface area contributed by atoms with Gasteiger partial charge in [0.15, 0.2) is 14.5 Å². The van der Waals surface area contributed by atoms with Gasteiger partial charge in [0.05, 0.1) is 12.4 Å². The molecule has 2 fully saturated rings. The summed E-state index contributed by atoms with van der Waals surface area (Å²) in [6.07, 6.45) is 3.72. The Labute approximate surface area is 380 Å². The molecule has 1 unspecified atom stereocenters. The Hall–Kier alpha value is -4.23. The number of fused-ring (bicyclic) bond motifs is 1. The zero-order chi connectivity index (χ0) is 46.3. The van der Waals surface area contributed by atoms with E-state index in [1.807, 2.05) is 94.5 Å². The lowest BCUT2D eigenvalue weighted by molar-refractivity contribution is -0.228. The van der Waals surface area contributed by atoms with E-state index < -0.39 is 65.7 Å². The number of rotatable bonds is 12. The predicted octanol–water partition coefficient (Wildman–Crippen LogP) is 7.38. The number of hydrogen-bond acceptors (Lipinski definition) is 11. The second-order valence-electron chi connectivity index (χ2n) is 19.2. The Bertz CT molecular complexity index is 2250. The molecule has 5 atom stereocenters. The summed E-state index contributed by atoms with van der Waals surface area (Å²) in [6.45, 7) is 19.8. The molecule has 17 heteroatoms. The van der Waals surface area contributed by atoms with E-state index in [1.54, 1.807) is 30.3 Å². The molecule has 0 aliphatic carbocycles. The van der Waals surface area contributed by atoms with Crippen molar-refractivity contribution < 1.29 is 37.5 Å². The molecule has 3 aliphatic rings. The zero-order valence-electron chi connectivity index (χ0n) is 38.4. The van der Waals surface area contributed by atoms with Gasteiger partial charge in [-0.25, -0.2) is 4.79 Å². The fourth-order valence-electron chi connectivity index (χ4n) is 8.36. The number of nitrogens with zero attached hydrogens (tertiary/aromatic N) is 4. The third-order valence-electron chi connectivity index (χ3n) is 12.7. The lowest BCUT2D eigenvalue weighted by Crippen LogP contribution is -2.67. The maximum absolute atomic E-state index is 13.7. The van der Waals surface area contributed by atoms with Crippen molar-refractivity contribution in [3.05, 3.63) is 119 Å². The van der Waals surface area contributed by atoms with Crippen molar-refractivity contribution >= 4 is 52.8 Å². The number of benzene rings is 3. The molecule has 0 radical (unpaired) electrons. The summed E-state index contributed by atoms with van der Waals surface area (Å²) in [6, 6.07) is 29.7. The SMILES string of the molecule is C1CCC2=NCCCN2CC1.CC(C)(C)[Si](C)(C)O[C@@H]1[C@@H](CO[Si](c2ccccc2)(c2ccccc2)C(C)(C)C)O[C@@H](n2ccc(NC(=O)c3ccccc3)nc2=O)[C@@]1(O)O[P+](=O)O. The fraction of sp³-hybridized carbons (Fsp3) is 0.489. The second-order valence-corrected chi connectivity index (χ2v) is 28.9. The van der Waals surface area contributed by atoms with Crippen LogP contribution in [-0.2, 0) is 22.7 Å². The first-order valence-electron chi connectivity index (χ1n) is 22.2. The van der Waals surface area contributed by atoms with Crippen LogP contribution < -0.4 is 21.4 Å². The van der Waals surface area contributed by atoms with Crippen molar-refractivity contribution in [3.63, 3.8) is 0 Å². The van der Waals surface area contributed by atoms with Crippen molar-refractivity contribution in [1.29, 1.82) is 0 Å². The highest BCUT2D eigenvalue weighted by Crippen LogP contribution is 2.49. The molecule has 3 N–H and O–H groups in total. The minimum Gasteiger partial charge on any atom is -0.406 e. The smallest absolute Gasteiger partial charge is 0.406 e.